The van der Waals surface area contributed by atoms with Crippen LogP contribution in [-0.2, 0) is 0 Å². The van der Waals surface area contributed by atoms with Gasteiger partial charge in [0.15, 0.2) is 6.29 Å². The Morgan fingerprint density at radius 2 is 2.00 bits per heavy atom. The summed E-state index contributed by atoms with van der Waals surface area (Å²) in [6, 6.07) is 1.39. The van der Waals surface area contributed by atoms with Crippen molar-refractivity contribution in [1.29, 1.82) is 0 Å². The van der Waals surface area contributed by atoms with Crippen LogP contribution >= 0.6 is 11.3 Å². The third-order valence-corrected chi connectivity index (χ3v) is 7.22. The molecule has 0 unspecified atom stereocenters. The maximum Gasteiger partial charge on any atom is 0.160 e. The van der Waals surface area contributed by atoms with Crippen molar-refractivity contribution in [2.45, 2.75) is 64.3 Å². The minimum absolute atomic E-state index is 0.155. The molecule has 0 saturated carbocycles. The maximum atomic E-state index is 13.7. The highest BCUT2D eigenvalue weighted by Gasteiger charge is 2.22. The van der Waals surface area contributed by atoms with Crippen molar-refractivity contribution in [3.63, 3.8) is 0 Å². The first-order valence-corrected chi connectivity index (χ1v) is 9.45. The molecule has 0 saturated heterocycles. The molecule has 1 nitrogen and oxygen atoms in total. The molecule has 0 N–H and O–H groups in total. The van der Waals surface area contributed by atoms with E-state index < -0.39 is 9.52 Å². The zero-order valence-corrected chi connectivity index (χ0v) is 14.5. The van der Waals surface area contributed by atoms with Gasteiger partial charge in [-0.05, 0) is 11.1 Å². The fourth-order valence-electron chi connectivity index (χ4n) is 2.33. The van der Waals surface area contributed by atoms with Gasteiger partial charge in [-0.25, -0.2) is 4.39 Å². The lowest BCUT2D eigenvalue weighted by atomic mass is 10.0. The number of carbonyl (C=O) groups excluding carboxylic acids is 1. The summed E-state index contributed by atoms with van der Waals surface area (Å²) in [7, 11) is -0.656. The van der Waals surface area contributed by atoms with Crippen LogP contribution in [0.4, 0.5) is 4.39 Å². The zero-order chi connectivity index (χ0) is 14.3. The lowest BCUT2D eigenvalue weighted by molar-refractivity contribution is 0.112. The van der Waals surface area contributed by atoms with Gasteiger partial charge >= 0.3 is 0 Å². The van der Waals surface area contributed by atoms with E-state index in [9.17, 15) is 9.18 Å². The number of hydrogen-bond donors (Lipinski definition) is 0. The fraction of sp³-hybridized carbons (Fsp3) is 0.667. The van der Waals surface area contributed by atoms with Crippen LogP contribution in [0.2, 0.25) is 5.04 Å². The van der Waals surface area contributed by atoms with E-state index in [1.807, 2.05) is 0 Å². The van der Waals surface area contributed by atoms with Gasteiger partial charge < -0.3 is 0 Å². The number of thiophene rings is 1. The van der Waals surface area contributed by atoms with Crippen molar-refractivity contribution in [1.82, 2.24) is 0 Å². The zero-order valence-electron chi connectivity index (χ0n) is 12.3. The average Bonchev–Trinajstić information content (AvgIpc) is 2.69. The molecule has 108 valence electrons. The molecule has 0 aliphatic carbocycles. The van der Waals surface area contributed by atoms with E-state index in [0.717, 1.165) is 10.8 Å². The third kappa shape index (κ3) is 6.00. The molecule has 1 aromatic heterocycles. The minimum atomic E-state index is -0.656. The average molecular weight is 301 g/mol. The summed E-state index contributed by atoms with van der Waals surface area (Å²) in [5.41, 5.74) is 0. The quantitative estimate of drug-likeness (QED) is 0.382. The van der Waals surface area contributed by atoms with E-state index >= 15 is 0 Å². The van der Waals surface area contributed by atoms with Crippen LogP contribution in [0.15, 0.2) is 6.07 Å². The Morgan fingerprint density at radius 3 is 2.58 bits per heavy atom. The molecule has 0 radical (unpaired) electrons. The van der Waals surface area contributed by atoms with Gasteiger partial charge in [-0.3, -0.25) is 4.79 Å². The number of hydrogen-bond acceptors (Lipinski definition) is 2. The van der Waals surface area contributed by atoms with Crippen molar-refractivity contribution < 1.29 is 9.18 Å². The van der Waals surface area contributed by atoms with Gasteiger partial charge in [0, 0.05) is 4.50 Å². The predicted molar refractivity (Wildman–Crippen MR) is 85.3 cm³/mol. The van der Waals surface area contributed by atoms with E-state index in [1.165, 1.54) is 55.9 Å². The summed E-state index contributed by atoms with van der Waals surface area (Å²) in [6.45, 7) is 6.72. The number of rotatable bonds is 9. The Labute approximate surface area is 122 Å². The standard InChI is InChI=1S/C15H25FOSSi/c1-4-5-6-7-8-9-15(2,3)19-14-13(16)10-12(11-17)18-14/h10-11H,4-9,19H2,1-3H3. The molecule has 0 aliphatic rings. The second-order valence-corrected chi connectivity index (χ2v) is 10.7. The highest BCUT2D eigenvalue weighted by Crippen LogP contribution is 2.31. The van der Waals surface area contributed by atoms with E-state index in [-0.39, 0.29) is 10.9 Å². The molecule has 19 heavy (non-hydrogen) atoms. The van der Waals surface area contributed by atoms with Crippen LogP contribution in [0.25, 0.3) is 0 Å². The largest absolute Gasteiger partial charge is 0.297 e. The van der Waals surface area contributed by atoms with Crippen LogP contribution in [0.1, 0.15) is 69.0 Å². The van der Waals surface area contributed by atoms with Crippen LogP contribution < -0.4 is 4.50 Å². The van der Waals surface area contributed by atoms with E-state index in [1.54, 1.807) is 0 Å². The van der Waals surface area contributed by atoms with Crippen LogP contribution in [0.3, 0.4) is 0 Å². The first-order chi connectivity index (χ1) is 8.98. The smallest absolute Gasteiger partial charge is 0.160 e. The summed E-state index contributed by atoms with van der Waals surface area (Å²) < 4.78 is 14.6. The van der Waals surface area contributed by atoms with Gasteiger partial charge in [-0.1, -0.05) is 59.3 Å². The number of aldehydes is 1. The number of halogens is 1. The second-order valence-electron chi connectivity index (χ2n) is 6.04. The highest BCUT2D eigenvalue weighted by atomic mass is 32.1. The van der Waals surface area contributed by atoms with Crippen molar-refractivity contribution >= 4 is 31.6 Å². The second kappa shape index (κ2) is 7.95. The molecular weight excluding hydrogens is 275 g/mol. The lowest BCUT2D eigenvalue weighted by Gasteiger charge is -2.23. The highest BCUT2D eigenvalue weighted by molar-refractivity contribution is 7.23. The molecular formula is C15H25FOSSi. The third-order valence-electron chi connectivity index (χ3n) is 3.49. The summed E-state index contributed by atoms with van der Waals surface area (Å²) in [5, 5.41) is 0.248. The summed E-state index contributed by atoms with van der Waals surface area (Å²) >= 11 is 1.35. The van der Waals surface area contributed by atoms with Crippen molar-refractivity contribution in [2.75, 3.05) is 0 Å². The van der Waals surface area contributed by atoms with Crippen molar-refractivity contribution in [3.05, 3.63) is 16.8 Å². The molecule has 0 spiro atoms. The first kappa shape index (κ1) is 16.6. The fourth-order valence-corrected chi connectivity index (χ4v) is 6.51. The monoisotopic (exact) mass is 300 g/mol. The molecule has 0 fully saturated rings. The molecule has 0 aromatic carbocycles. The molecule has 0 aliphatic heterocycles. The van der Waals surface area contributed by atoms with E-state index in [4.69, 9.17) is 0 Å². The van der Waals surface area contributed by atoms with Gasteiger partial charge in [0.1, 0.15) is 5.82 Å². The number of unbranched alkanes of at least 4 members (excludes halogenated alkanes) is 4. The van der Waals surface area contributed by atoms with Gasteiger partial charge in [0.05, 0.1) is 14.4 Å². The van der Waals surface area contributed by atoms with E-state index in [2.05, 4.69) is 20.8 Å². The molecule has 0 atom stereocenters. The SMILES string of the molecule is CCCCCCCC(C)(C)[SiH2]c1sc(C=O)cc1F. The number of carbonyl (C=O) groups is 1. The molecule has 4 heteroatoms. The van der Waals surface area contributed by atoms with Crippen LogP contribution in [0.5, 0.6) is 0 Å². The Bertz CT molecular complexity index is 401. The van der Waals surface area contributed by atoms with E-state index in [0.29, 0.717) is 4.88 Å². The molecule has 0 bridgehead atoms. The minimum Gasteiger partial charge on any atom is -0.297 e. The molecule has 1 rings (SSSR count). The summed E-state index contributed by atoms with van der Waals surface area (Å²) in [6.07, 6.45) is 8.37. The van der Waals surface area contributed by atoms with Gasteiger partial charge in [0.25, 0.3) is 0 Å². The van der Waals surface area contributed by atoms with Crippen LogP contribution in [0, 0.1) is 5.82 Å². The Morgan fingerprint density at radius 1 is 1.32 bits per heavy atom. The normalized spacial score (nSPS) is 12.4. The predicted octanol–water partition coefficient (Wildman–Crippen LogP) is 4.05. The topological polar surface area (TPSA) is 17.1 Å². The Balaban J connectivity index is 2.44. The first-order valence-electron chi connectivity index (χ1n) is 7.22. The van der Waals surface area contributed by atoms with Crippen molar-refractivity contribution in [3.8, 4) is 0 Å². The molecule has 0 amide bonds. The summed E-state index contributed by atoms with van der Waals surface area (Å²) in [4.78, 5) is 11.2. The molecule has 1 aromatic rings. The summed E-state index contributed by atoms with van der Waals surface area (Å²) in [5.74, 6) is -0.155. The van der Waals surface area contributed by atoms with Gasteiger partial charge in [0.2, 0.25) is 0 Å². The van der Waals surface area contributed by atoms with Gasteiger partial charge in [-0.2, -0.15) is 0 Å². The molecule has 1 heterocycles. The van der Waals surface area contributed by atoms with Crippen LogP contribution in [-0.4, -0.2) is 15.8 Å². The Kier molecular flexibility index (Phi) is 6.93. The van der Waals surface area contributed by atoms with Crippen molar-refractivity contribution in [2.24, 2.45) is 0 Å². The lowest BCUT2D eigenvalue weighted by Crippen LogP contribution is -2.25. The maximum absolute atomic E-state index is 13.7. The Hall–Kier alpha value is -0.483. The van der Waals surface area contributed by atoms with Gasteiger partial charge in [-0.15, -0.1) is 11.3 Å².